The minimum Gasteiger partial charge on any atom is -0.397 e. The Balaban J connectivity index is 2.16. The van der Waals surface area contributed by atoms with Crippen LogP contribution in [0, 0.1) is 0 Å². The first-order chi connectivity index (χ1) is 10.5. The summed E-state index contributed by atoms with van der Waals surface area (Å²) in [7, 11) is 0. The van der Waals surface area contributed by atoms with Gasteiger partial charge < -0.3 is 15.8 Å². The molecule has 0 aliphatic heterocycles. The topological polar surface area (TPSA) is 89.3 Å². The van der Waals surface area contributed by atoms with E-state index < -0.39 is 5.92 Å². The molecule has 0 radical (unpaired) electrons. The van der Waals surface area contributed by atoms with Gasteiger partial charge in [0, 0.05) is 5.56 Å². The molecular weight excluding hydrogens is 280 g/mol. The molecule has 0 aromatic heterocycles. The second-order valence-corrected chi connectivity index (χ2v) is 4.89. The second kappa shape index (κ2) is 6.67. The van der Waals surface area contributed by atoms with E-state index >= 15 is 0 Å². The molecular formula is C17H16N2O3. The summed E-state index contributed by atoms with van der Waals surface area (Å²) in [4.78, 5) is 34.4. The standard InChI is InChI=1S/C17H16N2O3/c1-11(21)14(10-20)12-6-8-13(9-7-12)17(22)19-16-5-3-2-4-15(16)18/h2-10,14H,18H2,1H3,(H,19,22). The first-order valence-electron chi connectivity index (χ1n) is 6.74. The van der Waals surface area contributed by atoms with Crippen LogP contribution in [0.4, 0.5) is 11.4 Å². The van der Waals surface area contributed by atoms with Gasteiger partial charge in [-0.05, 0) is 36.8 Å². The summed E-state index contributed by atoms with van der Waals surface area (Å²) in [5, 5.41) is 2.71. The number of nitrogens with one attached hydrogen (secondary N) is 1. The van der Waals surface area contributed by atoms with E-state index in [1.165, 1.54) is 6.92 Å². The first-order valence-corrected chi connectivity index (χ1v) is 6.74. The van der Waals surface area contributed by atoms with Crippen LogP contribution in [-0.4, -0.2) is 18.0 Å². The monoisotopic (exact) mass is 296 g/mol. The van der Waals surface area contributed by atoms with Crippen LogP contribution in [0.2, 0.25) is 0 Å². The normalized spacial score (nSPS) is 11.5. The molecule has 5 nitrogen and oxygen atoms in total. The average molecular weight is 296 g/mol. The van der Waals surface area contributed by atoms with Crippen molar-refractivity contribution < 1.29 is 14.4 Å². The molecule has 0 bridgehead atoms. The number of nitrogens with two attached hydrogens (primary N) is 1. The molecule has 1 amide bonds. The van der Waals surface area contributed by atoms with Crippen LogP contribution in [0.1, 0.15) is 28.8 Å². The Morgan fingerprint density at radius 2 is 1.73 bits per heavy atom. The van der Waals surface area contributed by atoms with Gasteiger partial charge in [-0.25, -0.2) is 0 Å². The van der Waals surface area contributed by atoms with Gasteiger partial charge >= 0.3 is 0 Å². The number of nitrogen functional groups attached to an aromatic ring is 1. The third-order valence-corrected chi connectivity index (χ3v) is 3.32. The number of hydrogen-bond acceptors (Lipinski definition) is 4. The van der Waals surface area contributed by atoms with Gasteiger partial charge in [-0.1, -0.05) is 24.3 Å². The van der Waals surface area contributed by atoms with Crippen molar-refractivity contribution in [2.24, 2.45) is 0 Å². The number of Topliss-reactive ketones (excluding diaryl/α,β-unsaturated/α-hetero) is 1. The molecule has 3 N–H and O–H groups in total. The third kappa shape index (κ3) is 3.38. The summed E-state index contributed by atoms with van der Waals surface area (Å²) in [6.07, 6.45) is 0.599. The van der Waals surface area contributed by atoms with Gasteiger partial charge in [-0.2, -0.15) is 0 Å². The van der Waals surface area contributed by atoms with Crippen molar-refractivity contribution in [1.82, 2.24) is 0 Å². The molecule has 0 saturated carbocycles. The van der Waals surface area contributed by atoms with Crippen LogP contribution in [0.15, 0.2) is 48.5 Å². The summed E-state index contributed by atoms with van der Waals surface area (Å²) in [5.74, 6) is -1.33. The second-order valence-electron chi connectivity index (χ2n) is 4.89. The van der Waals surface area contributed by atoms with Gasteiger partial charge in [0.2, 0.25) is 0 Å². The van der Waals surface area contributed by atoms with E-state index in [0.29, 0.717) is 28.8 Å². The molecule has 5 heteroatoms. The first kappa shape index (κ1) is 15.4. The number of hydrogen-bond donors (Lipinski definition) is 2. The predicted octanol–water partition coefficient (Wildman–Crippen LogP) is 2.39. The van der Waals surface area contributed by atoms with Gasteiger partial charge in [0.05, 0.1) is 17.3 Å². The number of carbonyl (C=O) groups is 3. The Labute approximate surface area is 128 Å². The zero-order chi connectivity index (χ0) is 16.1. The highest BCUT2D eigenvalue weighted by atomic mass is 16.2. The summed E-state index contributed by atoms with van der Waals surface area (Å²) in [6, 6.07) is 13.3. The van der Waals surface area contributed by atoms with E-state index in [2.05, 4.69) is 5.32 Å². The number of carbonyl (C=O) groups excluding carboxylic acids is 3. The number of benzene rings is 2. The summed E-state index contributed by atoms with van der Waals surface area (Å²) in [6.45, 7) is 1.36. The Morgan fingerprint density at radius 3 is 2.27 bits per heavy atom. The summed E-state index contributed by atoms with van der Waals surface area (Å²) in [5.41, 5.74) is 7.77. The minimum atomic E-state index is -0.790. The van der Waals surface area contributed by atoms with Crippen LogP contribution >= 0.6 is 0 Å². The lowest BCUT2D eigenvalue weighted by atomic mass is 9.96. The number of aldehydes is 1. The largest absolute Gasteiger partial charge is 0.397 e. The average Bonchev–Trinajstić information content (AvgIpc) is 2.50. The van der Waals surface area contributed by atoms with Crippen molar-refractivity contribution in [3.63, 3.8) is 0 Å². The van der Waals surface area contributed by atoms with Crippen molar-refractivity contribution in [2.45, 2.75) is 12.8 Å². The van der Waals surface area contributed by atoms with Crippen molar-refractivity contribution in [2.75, 3.05) is 11.1 Å². The fourth-order valence-electron chi connectivity index (χ4n) is 2.06. The zero-order valence-electron chi connectivity index (χ0n) is 12.1. The molecule has 0 spiro atoms. The maximum atomic E-state index is 12.1. The SMILES string of the molecule is CC(=O)C(C=O)c1ccc(C(=O)Nc2ccccc2N)cc1. The Kier molecular flexibility index (Phi) is 4.68. The Bertz CT molecular complexity index is 708. The molecule has 0 saturated heterocycles. The van der Waals surface area contributed by atoms with Gasteiger partial charge in [-0.3, -0.25) is 9.59 Å². The van der Waals surface area contributed by atoms with E-state index in [1.54, 1.807) is 48.5 Å². The van der Waals surface area contributed by atoms with Crippen LogP contribution in [0.25, 0.3) is 0 Å². The molecule has 22 heavy (non-hydrogen) atoms. The van der Waals surface area contributed by atoms with Crippen LogP contribution in [0.3, 0.4) is 0 Å². The van der Waals surface area contributed by atoms with Gasteiger partial charge in [-0.15, -0.1) is 0 Å². The minimum absolute atomic E-state index is 0.232. The highest BCUT2D eigenvalue weighted by molar-refractivity contribution is 6.06. The molecule has 2 aromatic rings. The van der Waals surface area contributed by atoms with Crippen molar-refractivity contribution in [1.29, 1.82) is 0 Å². The predicted molar refractivity (Wildman–Crippen MR) is 84.7 cm³/mol. The molecule has 112 valence electrons. The van der Waals surface area contributed by atoms with Crippen molar-refractivity contribution in [3.05, 3.63) is 59.7 Å². The molecule has 1 atom stereocenters. The summed E-state index contributed by atoms with van der Waals surface area (Å²) >= 11 is 0. The molecule has 2 aromatic carbocycles. The van der Waals surface area contributed by atoms with E-state index in [9.17, 15) is 14.4 Å². The third-order valence-electron chi connectivity index (χ3n) is 3.32. The molecule has 0 fully saturated rings. The number of para-hydroxylation sites is 2. The highest BCUT2D eigenvalue weighted by Gasteiger charge is 2.16. The van der Waals surface area contributed by atoms with Crippen LogP contribution < -0.4 is 11.1 Å². The molecule has 0 aliphatic rings. The maximum Gasteiger partial charge on any atom is 0.255 e. The van der Waals surface area contributed by atoms with Crippen molar-refractivity contribution >= 4 is 29.4 Å². The fraction of sp³-hybridized carbons (Fsp3) is 0.118. The quantitative estimate of drug-likeness (QED) is 0.503. The van der Waals surface area contributed by atoms with Crippen molar-refractivity contribution in [3.8, 4) is 0 Å². The number of anilines is 2. The molecule has 0 aliphatic carbocycles. The lowest BCUT2D eigenvalue weighted by Gasteiger charge is -2.10. The van der Waals surface area contributed by atoms with Crippen LogP contribution in [-0.2, 0) is 9.59 Å². The Morgan fingerprint density at radius 1 is 1.09 bits per heavy atom. The van der Waals surface area contributed by atoms with E-state index in [1.807, 2.05) is 0 Å². The molecule has 1 unspecified atom stereocenters. The maximum absolute atomic E-state index is 12.1. The number of amides is 1. The number of ketones is 1. The molecule has 2 rings (SSSR count). The summed E-state index contributed by atoms with van der Waals surface area (Å²) < 4.78 is 0. The van der Waals surface area contributed by atoms with Gasteiger partial charge in [0.15, 0.2) is 0 Å². The zero-order valence-corrected chi connectivity index (χ0v) is 12.1. The van der Waals surface area contributed by atoms with E-state index in [0.717, 1.165) is 0 Å². The highest BCUT2D eigenvalue weighted by Crippen LogP contribution is 2.19. The van der Waals surface area contributed by atoms with E-state index in [-0.39, 0.29) is 11.7 Å². The lowest BCUT2D eigenvalue weighted by molar-refractivity contribution is -0.122. The number of rotatable bonds is 5. The molecule has 0 heterocycles. The lowest BCUT2D eigenvalue weighted by Crippen LogP contribution is -2.14. The Hall–Kier alpha value is -2.95. The smallest absolute Gasteiger partial charge is 0.255 e. The van der Waals surface area contributed by atoms with Gasteiger partial charge in [0.25, 0.3) is 5.91 Å². The van der Waals surface area contributed by atoms with Crippen LogP contribution in [0.5, 0.6) is 0 Å². The fourth-order valence-corrected chi connectivity index (χ4v) is 2.06. The van der Waals surface area contributed by atoms with E-state index in [4.69, 9.17) is 5.73 Å². The van der Waals surface area contributed by atoms with Gasteiger partial charge in [0.1, 0.15) is 12.1 Å².